The minimum absolute atomic E-state index is 0.0486. The molecule has 0 fully saturated rings. The normalized spacial score (nSPS) is 11.9. The van der Waals surface area contributed by atoms with Crippen LogP contribution in [-0.4, -0.2) is 19.4 Å². The minimum atomic E-state index is -2.02. The Balaban J connectivity index is 2.13. The van der Waals surface area contributed by atoms with Crippen molar-refractivity contribution < 1.29 is 19.1 Å². The SMILES string of the molecule is CC(C)(C)[Si](C)(C)Oc1ccc(C(=O)OCc2ccccc2)cc1CO. The van der Waals surface area contributed by atoms with Gasteiger partial charge in [0.25, 0.3) is 0 Å². The van der Waals surface area contributed by atoms with Crippen molar-refractivity contribution >= 4 is 14.3 Å². The molecule has 4 nitrogen and oxygen atoms in total. The molecule has 0 aromatic heterocycles. The molecular weight excluding hydrogens is 344 g/mol. The maximum absolute atomic E-state index is 12.3. The summed E-state index contributed by atoms with van der Waals surface area (Å²) in [5, 5.41) is 9.76. The first-order valence-electron chi connectivity index (χ1n) is 8.78. The van der Waals surface area contributed by atoms with Crippen molar-refractivity contribution in [2.75, 3.05) is 0 Å². The van der Waals surface area contributed by atoms with E-state index in [0.29, 0.717) is 16.9 Å². The standard InChI is InChI=1S/C21H28O4Si/c1-21(2,3)26(4,5)25-19-12-11-17(13-18(19)14-22)20(23)24-15-16-9-7-6-8-10-16/h6-13,22H,14-15H2,1-5H3. The van der Waals surface area contributed by atoms with Gasteiger partial charge in [0.2, 0.25) is 8.32 Å². The molecule has 0 radical (unpaired) electrons. The van der Waals surface area contributed by atoms with E-state index in [9.17, 15) is 9.90 Å². The van der Waals surface area contributed by atoms with Gasteiger partial charge in [0.1, 0.15) is 12.4 Å². The van der Waals surface area contributed by atoms with E-state index >= 15 is 0 Å². The van der Waals surface area contributed by atoms with Crippen molar-refractivity contribution in [2.24, 2.45) is 0 Å². The van der Waals surface area contributed by atoms with Crippen LogP contribution in [0.25, 0.3) is 0 Å². The van der Waals surface area contributed by atoms with Crippen LogP contribution in [0.15, 0.2) is 48.5 Å². The molecule has 5 heteroatoms. The van der Waals surface area contributed by atoms with Gasteiger partial charge in [-0.3, -0.25) is 0 Å². The number of hydrogen-bond donors (Lipinski definition) is 1. The topological polar surface area (TPSA) is 55.8 Å². The number of esters is 1. The number of aliphatic hydroxyl groups is 1. The van der Waals surface area contributed by atoms with Crippen molar-refractivity contribution in [3.05, 3.63) is 65.2 Å². The highest BCUT2D eigenvalue weighted by molar-refractivity contribution is 6.74. The Labute approximate surface area is 156 Å². The first-order chi connectivity index (χ1) is 12.1. The molecule has 140 valence electrons. The number of carbonyl (C=O) groups excluding carboxylic acids is 1. The van der Waals surface area contributed by atoms with Crippen LogP contribution in [0.4, 0.5) is 0 Å². The molecule has 0 aliphatic rings. The second-order valence-corrected chi connectivity index (χ2v) is 12.6. The van der Waals surface area contributed by atoms with Gasteiger partial charge in [-0.1, -0.05) is 51.1 Å². The maximum Gasteiger partial charge on any atom is 0.338 e. The van der Waals surface area contributed by atoms with Crippen molar-refractivity contribution in [2.45, 2.75) is 52.1 Å². The number of rotatable bonds is 6. The summed E-state index contributed by atoms with van der Waals surface area (Å²) in [5.41, 5.74) is 1.94. The first kappa shape index (κ1) is 20.2. The molecule has 0 unspecified atom stereocenters. The molecule has 26 heavy (non-hydrogen) atoms. The molecule has 0 saturated carbocycles. The van der Waals surface area contributed by atoms with Gasteiger partial charge in [0, 0.05) is 5.56 Å². The van der Waals surface area contributed by atoms with Gasteiger partial charge < -0.3 is 14.3 Å². The van der Waals surface area contributed by atoms with Crippen LogP contribution < -0.4 is 4.43 Å². The monoisotopic (exact) mass is 372 g/mol. The third kappa shape index (κ3) is 4.96. The van der Waals surface area contributed by atoms with Crippen LogP contribution in [0.5, 0.6) is 5.75 Å². The Kier molecular flexibility index (Phi) is 6.26. The van der Waals surface area contributed by atoms with Gasteiger partial charge >= 0.3 is 5.97 Å². The highest BCUT2D eigenvalue weighted by atomic mass is 28.4. The van der Waals surface area contributed by atoms with E-state index in [4.69, 9.17) is 9.16 Å². The van der Waals surface area contributed by atoms with Crippen LogP contribution in [0.2, 0.25) is 18.1 Å². The molecule has 0 aliphatic carbocycles. The van der Waals surface area contributed by atoms with Crippen LogP contribution >= 0.6 is 0 Å². The fourth-order valence-corrected chi connectivity index (χ4v) is 3.22. The molecular formula is C21H28O4Si. The lowest BCUT2D eigenvalue weighted by atomic mass is 10.1. The zero-order chi connectivity index (χ0) is 19.4. The fourth-order valence-electron chi connectivity index (χ4n) is 2.16. The van der Waals surface area contributed by atoms with Gasteiger partial charge in [-0.15, -0.1) is 0 Å². The van der Waals surface area contributed by atoms with Crippen molar-refractivity contribution in [3.8, 4) is 5.75 Å². The molecule has 0 atom stereocenters. The Morgan fingerprint density at radius 2 is 1.73 bits per heavy atom. The van der Waals surface area contributed by atoms with E-state index in [0.717, 1.165) is 5.56 Å². The van der Waals surface area contributed by atoms with Crippen LogP contribution in [0.3, 0.4) is 0 Å². The lowest BCUT2D eigenvalue weighted by molar-refractivity contribution is 0.0472. The second kappa shape index (κ2) is 8.06. The van der Waals surface area contributed by atoms with E-state index in [1.54, 1.807) is 18.2 Å². The lowest BCUT2D eigenvalue weighted by Crippen LogP contribution is -2.44. The minimum Gasteiger partial charge on any atom is -0.543 e. The third-order valence-corrected chi connectivity index (χ3v) is 9.19. The average molecular weight is 373 g/mol. The highest BCUT2D eigenvalue weighted by Crippen LogP contribution is 2.38. The van der Waals surface area contributed by atoms with Gasteiger partial charge in [-0.05, 0) is 41.9 Å². The molecule has 1 N–H and O–H groups in total. The summed E-state index contributed by atoms with van der Waals surface area (Å²) in [6, 6.07) is 14.6. The summed E-state index contributed by atoms with van der Waals surface area (Å²) in [6.45, 7) is 10.8. The number of carbonyl (C=O) groups is 1. The second-order valence-electron chi connectivity index (χ2n) is 7.90. The van der Waals surface area contributed by atoms with Crippen molar-refractivity contribution in [1.29, 1.82) is 0 Å². The summed E-state index contributed by atoms with van der Waals surface area (Å²) in [5.74, 6) is 0.223. The number of benzene rings is 2. The molecule has 2 rings (SSSR count). The quantitative estimate of drug-likeness (QED) is 0.577. The largest absolute Gasteiger partial charge is 0.543 e. The molecule has 0 amide bonds. The van der Waals surface area contributed by atoms with E-state index in [-0.39, 0.29) is 18.3 Å². The van der Waals surface area contributed by atoms with Crippen LogP contribution in [-0.2, 0) is 18.0 Å². The Morgan fingerprint density at radius 3 is 2.31 bits per heavy atom. The summed E-state index contributed by atoms with van der Waals surface area (Å²) >= 11 is 0. The van der Waals surface area contributed by atoms with E-state index in [1.807, 2.05) is 30.3 Å². The molecule has 0 heterocycles. The summed E-state index contributed by atoms with van der Waals surface area (Å²) in [4.78, 5) is 12.3. The summed E-state index contributed by atoms with van der Waals surface area (Å²) in [6.07, 6.45) is 0. The highest BCUT2D eigenvalue weighted by Gasteiger charge is 2.39. The van der Waals surface area contributed by atoms with E-state index < -0.39 is 14.3 Å². The summed E-state index contributed by atoms with van der Waals surface area (Å²) in [7, 11) is -2.02. The maximum atomic E-state index is 12.3. The predicted octanol–water partition coefficient (Wildman–Crippen LogP) is 4.92. The number of aliphatic hydroxyl groups excluding tert-OH is 1. The Bertz CT molecular complexity index is 748. The zero-order valence-corrected chi connectivity index (χ0v) is 17.2. The van der Waals surface area contributed by atoms with E-state index in [1.165, 1.54) is 0 Å². The predicted molar refractivity (Wildman–Crippen MR) is 106 cm³/mol. The first-order valence-corrected chi connectivity index (χ1v) is 11.7. The summed E-state index contributed by atoms with van der Waals surface area (Å²) < 4.78 is 11.6. The Hall–Kier alpha value is -2.11. The zero-order valence-electron chi connectivity index (χ0n) is 16.2. The Morgan fingerprint density at radius 1 is 1.08 bits per heavy atom. The number of ether oxygens (including phenoxy) is 1. The lowest BCUT2D eigenvalue weighted by Gasteiger charge is -2.37. The fraction of sp³-hybridized carbons (Fsp3) is 0.381. The van der Waals surface area contributed by atoms with Gasteiger partial charge in [0.15, 0.2) is 0 Å². The van der Waals surface area contributed by atoms with Crippen LogP contribution in [0, 0.1) is 0 Å². The molecule has 0 aliphatic heterocycles. The van der Waals surface area contributed by atoms with Crippen LogP contribution in [0.1, 0.15) is 42.3 Å². The van der Waals surface area contributed by atoms with Crippen molar-refractivity contribution in [3.63, 3.8) is 0 Å². The van der Waals surface area contributed by atoms with Crippen molar-refractivity contribution in [1.82, 2.24) is 0 Å². The molecule has 2 aromatic carbocycles. The van der Waals surface area contributed by atoms with Gasteiger partial charge in [-0.25, -0.2) is 4.79 Å². The molecule has 0 bridgehead atoms. The van der Waals surface area contributed by atoms with E-state index in [2.05, 4.69) is 33.9 Å². The van der Waals surface area contributed by atoms with Gasteiger partial charge in [-0.2, -0.15) is 0 Å². The smallest absolute Gasteiger partial charge is 0.338 e. The molecule has 2 aromatic rings. The molecule has 0 saturated heterocycles. The third-order valence-electron chi connectivity index (χ3n) is 4.85. The van der Waals surface area contributed by atoms with Gasteiger partial charge in [0.05, 0.1) is 12.2 Å². The number of hydrogen-bond acceptors (Lipinski definition) is 4. The molecule has 0 spiro atoms. The average Bonchev–Trinajstić information content (AvgIpc) is 2.59.